The fraction of sp³-hybridized carbons (Fsp3) is 0.235. The number of carbonyl (C=O) groups is 1. The van der Waals surface area contributed by atoms with Gasteiger partial charge in [-0.2, -0.15) is 0 Å². The van der Waals surface area contributed by atoms with Crippen molar-refractivity contribution in [2.75, 3.05) is 6.61 Å². The van der Waals surface area contributed by atoms with Gasteiger partial charge >= 0.3 is 0 Å². The lowest BCUT2D eigenvalue weighted by Crippen LogP contribution is -2.42. The number of benzene rings is 2. The molecule has 2 unspecified atom stereocenters. The summed E-state index contributed by atoms with van der Waals surface area (Å²) in [6, 6.07) is 11.0. The Hall–Kier alpha value is -1.11. The van der Waals surface area contributed by atoms with Crippen LogP contribution < -0.4 is 5.32 Å². The number of rotatable bonds is 6. The predicted octanol–water partition coefficient (Wildman–Crippen LogP) is 3.51. The molecule has 0 fully saturated rings. The first-order valence-corrected chi connectivity index (χ1v) is 8.72. The average molecular weight is 433 g/mol. The standard InChI is InChI=1S/C17H16BrCl2NO3/c18-12-5-10(6-14(20)8-12)7-16(23)21-15(9-22)17(24)11-1-3-13(19)4-2-11/h1-6,8,15,17,22,24H,7,9H2,(H,21,23). The highest BCUT2D eigenvalue weighted by Crippen LogP contribution is 2.21. The molecule has 0 radical (unpaired) electrons. The van der Waals surface area contributed by atoms with Crippen molar-refractivity contribution in [1.82, 2.24) is 5.32 Å². The lowest BCUT2D eigenvalue weighted by atomic mass is 10.0. The van der Waals surface area contributed by atoms with E-state index >= 15 is 0 Å². The SMILES string of the molecule is O=C(Cc1cc(Cl)cc(Br)c1)NC(CO)C(O)c1ccc(Cl)cc1. The van der Waals surface area contributed by atoms with Crippen LogP contribution >= 0.6 is 39.1 Å². The largest absolute Gasteiger partial charge is 0.394 e. The second-order valence-electron chi connectivity index (χ2n) is 5.31. The number of nitrogens with one attached hydrogen (secondary N) is 1. The molecule has 3 N–H and O–H groups in total. The van der Waals surface area contributed by atoms with E-state index in [1.165, 1.54) is 0 Å². The van der Waals surface area contributed by atoms with Gasteiger partial charge in [0.25, 0.3) is 0 Å². The second kappa shape index (κ2) is 8.83. The topological polar surface area (TPSA) is 69.6 Å². The fourth-order valence-corrected chi connectivity index (χ4v) is 3.33. The summed E-state index contributed by atoms with van der Waals surface area (Å²) < 4.78 is 0.776. The number of hydrogen-bond donors (Lipinski definition) is 3. The van der Waals surface area contributed by atoms with Gasteiger partial charge in [-0.1, -0.05) is 51.3 Å². The molecule has 2 rings (SSSR count). The molecule has 2 atom stereocenters. The molecule has 0 aliphatic rings. The maximum atomic E-state index is 12.2. The highest BCUT2D eigenvalue weighted by Gasteiger charge is 2.22. The minimum Gasteiger partial charge on any atom is -0.394 e. The molecular formula is C17H16BrCl2NO3. The van der Waals surface area contributed by atoms with Crippen molar-refractivity contribution < 1.29 is 15.0 Å². The van der Waals surface area contributed by atoms with E-state index < -0.39 is 18.8 Å². The van der Waals surface area contributed by atoms with Gasteiger partial charge in [-0.25, -0.2) is 0 Å². The van der Waals surface area contributed by atoms with E-state index in [4.69, 9.17) is 23.2 Å². The molecule has 2 aromatic rings. The van der Waals surface area contributed by atoms with E-state index in [0.717, 1.165) is 10.0 Å². The molecular weight excluding hydrogens is 417 g/mol. The van der Waals surface area contributed by atoms with Gasteiger partial charge in [0, 0.05) is 14.5 Å². The molecule has 0 aliphatic heterocycles. The first kappa shape index (κ1) is 19.2. The number of halogens is 3. The third-order valence-electron chi connectivity index (χ3n) is 3.42. The molecule has 0 heterocycles. The van der Waals surface area contributed by atoms with Crippen LogP contribution in [0.25, 0.3) is 0 Å². The monoisotopic (exact) mass is 431 g/mol. The molecule has 128 valence electrons. The molecule has 0 spiro atoms. The van der Waals surface area contributed by atoms with Crippen molar-refractivity contribution in [1.29, 1.82) is 0 Å². The Morgan fingerprint density at radius 3 is 2.38 bits per heavy atom. The zero-order valence-electron chi connectivity index (χ0n) is 12.5. The van der Waals surface area contributed by atoms with Gasteiger partial charge in [0.1, 0.15) is 6.10 Å². The average Bonchev–Trinajstić information content (AvgIpc) is 2.51. The maximum Gasteiger partial charge on any atom is 0.224 e. The lowest BCUT2D eigenvalue weighted by Gasteiger charge is -2.22. The van der Waals surface area contributed by atoms with Crippen LogP contribution in [0.15, 0.2) is 46.9 Å². The van der Waals surface area contributed by atoms with Gasteiger partial charge in [-0.15, -0.1) is 0 Å². The molecule has 0 aliphatic carbocycles. The minimum absolute atomic E-state index is 0.0863. The Bertz CT molecular complexity index is 689. The van der Waals surface area contributed by atoms with Crippen LogP contribution in [0.5, 0.6) is 0 Å². The van der Waals surface area contributed by atoms with Crippen LogP contribution in [-0.4, -0.2) is 28.8 Å². The van der Waals surface area contributed by atoms with Crippen molar-refractivity contribution >= 4 is 45.0 Å². The van der Waals surface area contributed by atoms with Crippen molar-refractivity contribution in [2.24, 2.45) is 0 Å². The van der Waals surface area contributed by atoms with E-state index in [1.807, 2.05) is 0 Å². The van der Waals surface area contributed by atoms with Crippen LogP contribution in [0.1, 0.15) is 17.2 Å². The summed E-state index contributed by atoms with van der Waals surface area (Å²) in [7, 11) is 0. The molecule has 0 aromatic heterocycles. The third kappa shape index (κ3) is 5.46. The van der Waals surface area contributed by atoms with Crippen LogP contribution in [0.3, 0.4) is 0 Å². The summed E-state index contributed by atoms with van der Waals surface area (Å²) in [6.45, 7) is -0.394. The zero-order chi connectivity index (χ0) is 17.7. The Balaban J connectivity index is 2.03. The first-order valence-electron chi connectivity index (χ1n) is 7.17. The van der Waals surface area contributed by atoms with Gasteiger partial charge in [-0.05, 0) is 41.5 Å². The summed E-state index contributed by atoms with van der Waals surface area (Å²) in [4.78, 5) is 12.2. The Labute approximate surface area is 158 Å². The van der Waals surface area contributed by atoms with Gasteiger partial charge < -0.3 is 15.5 Å². The number of aliphatic hydroxyl groups excluding tert-OH is 2. The maximum absolute atomic E-state index is 12.2. The highest BCUT2D eigenvalue weighted by molar-refractivity contribution is 9.10. The lowest BCUT2D eigenvalue weighted by molar-refractivity contribution is -0.122. The summed E-state index contributed by atoms with van der Waals surface area (Å²) in [5.74, 6) is -0.323. The molecule has 2 aromatic carbocycles. The summed E-state index contributed by atoms with van der Waals surface area (Å²) in [5, 5.41) is 23.5. The van der Waals surface area contributed by atoms with Crippen LogP contribution in [0.4, 0.5) is 0 Å². The number of aliphatic hydroxyl groups is 2. The van der Waals surface area contributed by atoms with Crippen LogP contribution in [0, 0.1) is 0 Å². The Morgan fingerprint density at radius 2 is 1.79 bits per heavy atom. The molecule has 24 heavy (non-hydrogen) atoms. The number of hydrogen-bond acceptors (Lipinski definition) is 3. The third-order valence-corrected chi connectivity index (χ3v) is 4.35. The minimum atomic E-state index is -1.04. The van der Waals surface area contributed by atoms with Crippen LogP contribution in [-0.2, 0) is 11.2 Å². The normalized spacial score (nSPS) is 13.4. The van der Waals surface area contributed by atoms with Crippen molar-refractivity contribution in [3.8, 4) is 0 Å². The van der Waals surface area contributed by atoms with Gasteiger partial charge in [-0.3, -0.25) is 4.79 Å². The molecule has 0 saturated carbocycles. The zero-order valence-corrected chi connectivity index (χ0v) is 15.6. The number of carbonyl (C=O) groups excluding carboxylic acids is 1. The molecule has 4 nitrogen and oxygen atoms in total. The Morgan fingerprint density at radius 1 is 1.12 bits per heavy atom. The van der Waals surface area contributed by atoms with Crippen molar-refractivity contribution in [3.05, 3.63) is 68.1 Å². The van der Waals surface area contributed by atoms with Crippen molar-refractivity contribution in [3.63, 3.8) is 0 Å². The van der Waals surface area contributed by atoms with E-state index in [2.05, 4.69) is 21.2 Å². The van der Waals surface area contributed by atoms with E-state index in [-0.39, 0.29) is 12.3 Å². The summed E-state index contributed by atoms with van der Waals surface area (Å²) in [6.07, 6.45) is -0.953. The van der Waals surface area contributed by atoms with Gasteiger partial charge in [0.2, 0.25) is 5.91 Å². The summed E-state index contributed by atoms with van der Waals surface area (Å²) >= 11 is 15.1. The van der Waals surface area contributed by atoms with Crippen molar-refractivity contribution in [2.45, 2.75) is 18.6 Å². The second-order valence-corrected chi connectivity index (χ2v) is 7.10. The quantitative estimate of drug-likeness (QED) is 0.654. The van der Waals surface area contributed by atoms with E-state index in [1.54, 1.807) is 42.5 Å². The first-order chi connectivity index (χ1) is 11.4. The van der Waals surface area contributed by atoms with Gasteiger partial charge in [0.05, 0.1) is 19.1 Å². The fourth-order valence-electron chi connectivity index (χ4n) is 2.27. The smallest absolute Gasteiger partial charge is 0.224 e. The summed E-state index contributed by atoms with van der Waals surface area (Å²) in [5.41, 5.74) is 1.29. The van der Waals surface area contributed by atoms with Gasteiger partial charge in [0.15, 0.2) is 0 Å². The molecule has 1 amide bonds. The molecule has 0 bridgehead atoms. The van der Waals surface area contributed by atoms with E-state index in [0.29, 0.717) is 15.6 Å². The predicted molar refractivity (Wildman–Crippen MR) is 98.3 cm³/mol. The molecule has 0 saturated heterocycles. The number of amides is 1. The Kier molecular flexibility index (Phi) is 7.07. The van der Waals surface area contributed by atoms with E-state index in [9.17, 15) is 15.0 Å². The molecule has 7 heteroatoms. The van der Waals surface area contributed by atoms with Crippen LogP contribution in [0.2, 0.25) is 10.0 Å². The highest BCUT2D eigenvalue weighted by atomic mass is 79.9.